The summed E-state index contributed by atoms with van der Waals surface area (Å²) in [6.45, 7) is 3.92. The molecule has 1 fully saturated rings. The second kappa shape index (κ2) is 7.51. The fourth-order valence-corrected chi connectivity index (χ4v) is 2.55. The Kier molecular flexibility index (Phi) is 6.32. The van der Waals surface area contributed by atoms with Crippen molar-refractivity contribution in [1.82, 2.24) is 10.2 Å². The number of nitrogens with one attached hydrogen (secondary N) is 1. The van der Waals surface area contributed by atoms with Crippen LogP contribution in [0.1, 0.15) is 31.2 Å². The molecule has 1 heterocycles. The SMILES string of the molecule is CC(CN(C)C(=O)C1CCCN1)c1ccccc1.Cl. The Morgan fingerprint density at radius 2 is 2.11 bits per heavy atom. The predicted octanol–water partition coefficient (Wildman–Crippen LogP) is 2.42. The second-order valence-corrected chi connectivity index (χ2v) is 5.18. The molecule has 0 aliphatic carbocycles. The molecule has 1 N–H and O–H groups in total. The molecule has 0 spiro atoms. The van der Waals surface area contributed by atoms with Gasteiger partial charge in [-0.25, -0.2) is 0 Å². The molecule has 0 saturated carbocycles. The number of carbonyl (C=O) groups is 1. The van der Waals surface area contributed by atoms with Crippen LogP contribution in [0.2, 0.25) is 0 Å². The lowest BCUT2D eigenvalue weighted by molar-refractivity contribution is -0.131. The molecule has 1 aromatic rings. The van der Waals surface area contributed by atoms with Gasteiger partial charge in [0.2, 0.25) is 5.91 Å². The first-order chi connectivity index (χ1) is 8.68. The number of halogens is 1. The van der Waals surface area contributed by atoms with Crippen molar-refractivity contribution in [1.29, 1.82) is 0 Å². The first kappa shape index (κ1) is 16.0. The lowest BCUT2D eigenvalue weighted by atomic mass is 10.0. The summed E-state index contributed by atoms with van der Waals surface area (Å²) < 4.78 is 0. The van der Waals surface area contributed by atoms with Crippen LogP contribution in [0.25, 0.3) is 0 Å². The maximum Gasteiger partial charge on any atom is 0.239 e. The predicted molar refractivity (Wildman–Crippen MR) is 80.8 cm³/mol. The Morgan fingerprint density at radius 3 is 2.68 bits per heavy atom. The van der Waals surface area contributed by atoms with Crippen LogP contribution < -0.4 is 5.32 Å². The molecule has 2 atom stereocenters. The standard InChI is InChI=1S/C15H22N2O.ClH/c1-12(13-7-4-3-5-8-13)11-17(2)15(18)14-9-6-10-16-14;/h3-5,7-8,12,14,16H,6,9-11H2,1-2H3;1H. The van der Waals surface area contributed by atoms with Gasteiger partial charge < -0.3 is 10.2 Å². The zero-order valence-corrected chi connectivity index (χ0v) is 12.5. The summed E-state index contributed by atoms with van der Waals surface area (Å²) in [4.78, 5) is 14.0. The van der Waals surface area contributed by atoms with E-state index in [4.69, 9.17) is 0 Å². The van der Waals surface area contributed by atoms with E-state index in [9.17, 15) is 4.79 Å². The van der Waals surface area contributed by atoms with Gasteiger partial charge in [0, 0.05) is 13.6 Å². The fraction of sp³-hybridized carbons (Fsp3) is 0.533. The summed E-state index contributed by atoms with van der Waals surface area (Å²) in [5.74, 6) is 0.608. The number of benzene rings is 1. The average molecular weight is 283 g/mol. The van der Waals surface area contributed by atoms with Gasteiger partial charge >= 0.3 is 0 Å². The van der Waals surface area contributed by atoms with Crippen LogP contribution in [0.3, 0.4) is 0 Å². The highest BCUT2D eigenvalue weighted by molar-refractivity contribution is 5.85. The average Bonchev–Trinajstić information content (AvgIpc) is 2.92. The molecule has 4 heteroatoms. The number of hydrogen-bond acceptors (Lipinski definition) is 2. The van der Waals surface area contributed by atoms with E-state index < -0.39 is 0 Å². The van der Waals surface area contributed by atoms with Gasteiger partial charge in [0.1, 0.15) is 0 Å². The smallest absolute Gasteiger partial charge is 0.239 e. The third kappa shape index (κ3) is 4.22. The van der Waals surface area contributed by atoms with Gasteiger partial charge in [-0.2, -0.15) is 0 Å². The van der Waals surface area contributed by atoms with Crippen molar-refractivity contribution in [3.05, 3.63) is 35.9 Å². The zero-order chi connectivity index (χ0) is 13.0. The Labute approximate surface area is 121 Å². The molecule has 1 saturated heterocycles. The Hall–Kier alpha value is -1.06. The third-order valence-corrected chi connectivity index (χ3v) is 3.65. The molecule has 2 unspecified atom stereocenters. The van der Waals surface area contributed by atoms with Crippen molar-refractivity contribution in [2.24, 2.45) is 0 Å². The summed E-state index contributed by atoms with van der Waals surface area (Å²) >= 11 is 0. The van der Waals surface area contributed by atoms with Crippen LogP contribution in [0.15, 0.2) is 30.3 Å². The maximum atomic E-state index is 12.2. The van der Waals surface area contributed by atoms with E-state index in [1.807, 2.05) is 30.1 Å². The number of rotatable bonds is 4. The second-order valence-electron chi connectivity index (χ2n) is 5.18. The molecular formula is C15H23ClN2O. The third-order valence-electron chi connectivity index (χ3n) is 3.65. The molecule has 106 valence electrons. The quantitative estimate of drug-likeness (QED) is 0.920. The summed E-state index contributed by atoms with van der Waals surface area (Å²) in [6, 6.07) is 10.4. The van der Waals surface area contributed by atoms with Gasteiger partial charge in [0.25, 0.3) is 0 Å². The monoisotopic (exact) mass is 282 g/mol. The van der Waals surface area contributed by atoms with Gasteiger partial charge in [0.05, 0.1) is 6.04 Å². The minimum Gasteiger partial charge on any atom is -0.344 e. The van der Waals surface area contributed by atoms with Gasteiger partial charge in [-0.15, -0.1) is 12.4 Å². The van der Waals surface area contributed by atoms with Crippen LogP contribution >= 0.6 is 12.4 Å². The number of amides is 1. The molecule has 1 aliphatic heterocycles. The first-order valence-electron chi connectivity index (χ1n) is 6.72. The molecule has 0 radical (unpaired) electrons. The molecular weight excluding hydrogens is 260 g/mol. The van der Waals surface area contributed by atoms with E-state index in [0.29, 0.717) is 5.92 Å². The van der Waals surface area contributed by atoms with E-state index in [1.165, 1.54) is 5.56 Å². The van der Waals surface area contributed by atoms with Crippen molar-refractivity contribution in [3.63, 3.8) is 0 Å². The van der Waals surface area contributed by atoms with Crippen LogP contribution in [0.5, 0.6) is 0 Å². The molecule has 1 aliphatic rings. The fourth-order valence-electron chi connectivity index (χ4n) is 2.55. The van der Waals surface area contributed by atoms with E-state index in [0.717, 1.165) is 25.9 Å². The van der Waals surface area contributed by atoms with Crippen LogP contribution in [-0.4, -0.2) is 37.0 Å². The lowest BCUT2D eigenvalue weighted by Crippen LogP contribution is -2.42. The topological polar surface area (TPSA) is 32.3 Å². The van der Waals surface area contributed by atoms with Crippen LogP contribution in [-0.2, 0) is 4.79 Å². The molecule has 0 aromatic heterocycles. The van der Waals surface area contributed by atoms with E-state index >= 15 is 0 Å². The Bertz CT molecular complexity index is 390. The number of likely N-dealkylation sites (N-methyl/N-ethyl adjacent to an activating group) is 1. The van der Waals surface area contributed by atoms with Crippen molar-refractivity contribution in [2.45, 2.75) is 31.7 Å². The zero-order valence-electron chi connectivity index (χ0n) is 11.6. The van der Waals surface area contributed by atoms with Crippen molar-refractivity contribution < 1.29 is 4.79 Å². The summed E-state index contributed by atoms with van der Waals surface area (Å²) in [7, 11) is 1.90. The largest absolute Gasteiger partial charge is 0.344 e. The normalized spacial score (nSPS) is 19.6. The minimum absolute atomic E-state index is 0. The number of nitrogens with zero attached hydrogens (tertiary/aromatic N) is 1. The molecule has 0 bridgehead atoms. The molecule has 1 amide bonds. The van der Waals surface area contributed by atoms with E-state index in [1.54, 1.807) is 0 Å². The molecule has 19 heavy (non-hydrogen) atoms. The summed E-state index contributed by atoms with van der Waals surface area (Å²) in [5.41, 5.74) is 1.29. The Balaban J connectivity index is 0.00000180. The molecule has 3 nitrogen and oxygen atoms in total. The maximum absolute atomic E-state index is 12.2. The summed E-state index contributed by atoms with van der Waals surface area (Å²) in [6.07, 6.45) is 2.08. The van der Waals surface area contributed by atoms with Crippen LogP contribution in [0, 0.1) is 0 Å². The molecule has 1 aromatic carbocycles. The van der Waals surface area contributed by atoms with Gasteiger partial charge in [-0.3, -0.25) is 4.79 Å². The number of carbonyl (C=O) groups excluding carboxylic acids is 1. The number of hydrogen-bond donors (Lipinski definition) is 1. The molecule has 2 rings (SSSR count). The highest BCUT2D eigenvalue weighted by Gasteiger charge is 2.25. The lowest BCUT2D eigenvalue weighted by Gasteiger charge is -2.24. The summed E-state index contributed by atoms with van der Waals surface area (Å²) in [5, 5.41) is 3.26. The first-order valence-corrected chi connectivity index (χ1v) is 6.72. The van der Waals surface area contributed by atoms with Crippen molar-refractivity contribution >= 4 is 18.3 Å². The van der Waals surface area contributed by atoms with Gasteiger partial charge in [-0.05, 0) is 30.9 Å². The highest BCUT2D eigenvalue weighted by Crippen LogP contribution is 2.16. The Morgan fingerprint density at radius 1 is 1.42 bits per heavy atom. The minimum atomic E-state index is 0. The van der Waals surface area contributed by atoms with Gasteiger partial charge in [-0.1, -0.05) is 37.3 Å². The van der Waals surface area contributed by atoms with Crippen molar-refractivity contribution in [3.8, 4) is 0 Å². The van der Waals surface area contributed by atoms with Gasteiger partial charge in [0.15, 0.2) is 0 Å². The van der Waals surface area contributed by atoms with Crippen LogP contribution in [0.4, 0.5) is 0 Å². The van der Waals surface area contributed by atoms with Crippen molar-refractivity contribution in [2.75, 3.05) is 20.1 Å². The van der Waals surface area contributed by atoms with E-state index in [-0.39, 0.29) is 24.4 Å². The highest BCUT2D eigenvalue weighted by atomic mass is 35.5. The van der Waals surface area contributed by atoms with E-state index in [2.05, 4.69) is 24.4 Å².